The first-order valence-corrected chi connectivity index (χ1v) is 7.81. The molecule has 0 aliphatic rings. The normalized spacial score (nSPS) is 10.8. The molecule has 0 N–H and O–H groups in total. The van der Waals surface area contributed by atoms with Gasteiger partial charge >= 0.3 is 5.97 Å². The fraction of sp³-hybridized carbons (Fsp3) is 0.312. The van der Waals surface area contributed by atoms with Gasteiger partial charge in [-0.2, -0.15) is 5.10 Å². The van der Waals surface area contributed by atoms with E-state index in [0.29, 0.717) is 29.4 Å². The SMILES string of the molecule is CCCn1cc(-c2cc(C(=O)OCC)cc(-n3cccn3)n2)nn1. The van der Waals surface area contributed by atoms with Crippen molar-refractivity contribution < 1.29 is 9.53 Å². The molecule has 0 saturated heterocycles. The summed E-state index contributed by atoms with van der Waals surface area (Å²) in [5, 5.41) is 12.4. The van der Waals surface area contributed by atoms with Gasteiger partial charge in [-0.15, -0.1) is 5.10 Å². The number of pyridine rings is 1. The Balaban J connectivity index is 2.05. The Morgan fingerprint density at radius 2 is 2.12 bits per heavy atom. The van der Waals surface area contributed by atoms with Crippen LogP contribution in [0.25, 0.3) is 17.2 Å². The maximum Gasteiger partial charge on any atom is 0.338 e. The Kier molecular flexibility index (Phi) is 4.64. The second-order valence-corrected chi connectivity index (χ2v) is 5.14. The number of esters is 1. The molecule has 24 heavy (non-hydrogen) atoms. The molecular weight excluding hydrogens is 308 g/mol. The van der Waals surface area contributed by atoms with Gasteiger partial charge in [-0.05, 0) is 31.5 Å². The number of aryl methyl sites for hydroxylation is 1. The Labute approximate surface area is 139 Å². The molecule has 0 fully saturated rings. The molecule has 0 aliphatic heterocycles. The molecular formula is C16H18N6O2. The van der Waals surface area contributed by atoms with E-state index < -0.39 is 5.97 Å². The molecule has 0 aliphatic carbocycles. The summed E-state index contributed by atoms with van der Waals surface area (Å²) in [6.45, 7) is 4.92. The smallest absolute Gasteiger partial charge is 0.338 e. The van der Waals surface area contributed by atoms with Crippen LogP contribution in [0.5, 0.6) is 0 Å². The highest BCUT2D eigenvalue weighted by atomic mass is 16.5. The van der Waals surface area contributed by atoms with E-state index >= 15 is 0 Å². The number of carbonyl (C=O) groups excluding carboxylic acids is 1. The summed E-state index contributed by atoms with van der Waals surface area (Å²) in [4.78, 5) is 16.7. The number of carbonyl (C=O) groups is 1. The van der Waals surface area contributed by atoms with Gasteiger partial charge in [-0.1, -0.05) is 12.1 Å². The average molecular weight is 326 g/mol. The third kappa shape index (κ3) is 3.32. The maximum atomic E-state index is 12.1. The zero-order valence-corrected chi connectivity index (χ0v) is 13.6. The molecule has 3 aromatic heterocycles. The highest BCUT2D eigenvalue weighted by molar-refractivity contribution is 5.91. The van der Waals surface area contributed by atoms with Crippen molar-refractivity contribution in [2.75, 3.05) is 6.61 Å². The second kappa shape index (κ2) is 7.03. The molecule has 0 aromatic carbocycles. The molecule has 8 nitrogen and oxygen atoms in total. The van der Waals surface area contributed by atoms with Crippen molar-refractivity contribution in [1.29, 1.82) is 0 Å². The lowest BCUT2D eigenvalue weighted by molar-refractivity contribution is 0.0526. The van der Waals surface area contributed by atoms with Crippen LogP contribution in [0.1, 0.15) is 30.6 Å². The van der Waals surface area contributed by atoms with Crippen molar-refractivity contribution >= 4 is 5.97 Å². The summed E-state index contributed by atoms with van der Waals surface area (Å²) in [6, 6.07) is 5.09. The zero-order valence-electron chi connectivity index (χ0n) is 13.6. The molecule has 0 radical (unpaired) electrons. The Morgan fingerprint density at radius 1 is 1.25 bits per heavy atom. The van der Waals surface area contributed by atoms with E-state index in [-0.39, 0.29) is 0 Å². The number of aromatic nitrogens is 6. The van der Waals surface area contributed by atoms with Crippen molar-refractivity contribution in [3.8, 4) is 17.2 Å². The first kappa shape index (κ1) is 15.9. The molecule has 3 aromatic rings. The summed E-state index contributed by atoms with van der Waals surface area (Å²) < 4.78 is 8.43. The number of hydrogen-bond acceptors (Lipinski definition) is 6. The fourth-order valence-corrected chi connectivity index (χ4v) is 2.26. The Bertz CT molecular complexity index is 825. The van der Waals surface area contributed by atoms with Gasteiger partial charge < -0.3 is 4.74 Å². The maximum absolute atomic E-state index is 12.1. The van der Waals surface area contributed by atoms with E-state index in [2.05, 4.69) is 27.3 Å². The minimum atomic E-state index is -0.407. The van der Waals surface area contributed by atoms with Crippen molar-refractivity contribution in [3.63, 3.8) is 0 Å². The van der Waals surface area contributed by atoms with Crippen molar-refractivity contribution in [2.45, 2.75) is 26.8 Å². The topological polar surface area (TPSA) is 87.7 Å². The van der Waals surface area contributed by atoms with Crippen LogP contribution in [-0.2, 0) is 11.3 Å². The molecule has 0 saturated carbocycles. The zero-order chi connectivity index (χ0) is 16.9. The van der Waals surface area contributed by atoms with Crippen LogP contribution in [0.4, 0.5) is 0 Å². The number of nitrogens with zero attached hydrogens (tertiary/aromatic N) is 6. The van der Waals surface area contributed by atoms with Crippen molar-refractivity contribution in [1.82, 2.24) is 29.8 Å². The molecule has 0 bridgehead atoms. The molecule has 0 atom stereocenters. The van der Waals surface area contributed by atoms with Gasteiger partial charge in [-0.25, -0.2) is 14.5 Å². The van der Waals surface area contributed by atoms with E-state index in [1.807, 2.05) is 6.20 Å². The number of ether oxygens (including phenoxy) is 1. The van der Waals surface area contributed by atoms with Crippen LogP contribution in [0.3, 0.4) is 0 Å². The van der Waals surface area contributed by atoms with Gasteiger partial charge in [0.05, 0.1) is 24.1 Å². The largest absolute Gasteiger partial charge is 0.462 e. The standard InChI is InChI=1S/C16H18N6O2/c1-3-7-21-11-14(19-20-21)13-9-12(16(23)24-4-2)10-15(18-13)22-8-5-6-17-22/h5-6,8-11H,3-4,7H2,1-2H3. The molecule has 0 unspecified atom stereocenters. The van der Waals surface area contributed by atoms with E-state index in [4.69, 9.17) is 4.74 Å². The fourth-order valence-electron chi connectivity index (χ4n) is 2.26. The Hall–Kier alpha value is -3.03. The molecule has 8 heteroatoms. The third-order valence-corrected chi connectivity index (χ3v) is 3.32. The highest BCUT2D eigenvalue weighted by Gasteiger charge is 2.15. The van der Waals surface area contributed by atoms with Crippen LogP contribution < -0.4 is 0 Å². The van der Waals surface area contributed by atoms with Gasteiger partial charge in [0, 0.05) is 18.9 Å². The van der Waals surface area contributed by atoms with Crippen LogP contribution in [0.15, 0.2) is 36.8 Å². The van der Waals surface area contributed by atoms with Gasteiger partial charge in [0.15, 0.2) is 5.82 Å². The summed E-state index contributed by atoms with van der Waals surface area (Å²) >= 11 is 0. The van der Waals surface area contributed by atoms with E-state index in [1.54, 1.807) is 46.9 Å². The molecule has 0 spiro atoms. The lowest BCUT2D eigenvalue weighted by atomic mass is 10.2. The van der Waals surface area contributed by atoms with Gasteiger partial charge in [-0.3, -0.25) is 4.68 Å². The van der Waals surface area contributed by atoms with Crippen LogP contribution in [0, 0.1) is 0 Å². The monoisotopic (exact) mass is 326 g/mol. The molecule has 3 heterocycles. The predicted octanol–water partition coefficient (Wildman–Crippen LogP) is 2.11. The molecule has 124 valence electrons. The van der Waals surface area contributed by atoms with Gasteiger partial charge in [0.25, 0.3) is 0 Å². The van der Waals surface area contributed by atoms with Gasteiger partial charge in [0.1, 0.15) is 5.69 Å². The van der Waals surface area contributed by atoms with E-state index in [1.165, 1.54) is 0 Å². The molecule has 3 rings (SSSR count). The number of rotatable bonds is 6. The molecule has 0 amide bonds. The summed E-state index contributed by atoms with van der Waals surface area (Å²) in [6.07, 6.45) is 6.18. The van der Waals surface area contributed by atoms with E-state index in [0.717, 1.165) is 13.0 Å². The Morgan fingerprint density at radius 3 is 2.83 bits per heavy atom. The van der Waals surface area contributed by atoms with E-state index in [9.17, 15) is 4.79 Å². The lowest BCUT2D eigenvalue weighted by Gasteiger charge is -2.07. The van der Waals surface area contributed by atoms with Crippen LogP contribution in [-0.4, -0.2) is 42.3 Å². The lowest BCUT2D eigenvalue weighted by Crippen LogP contribution is -2.08. The summed E-state index contributed by atoms with van der Waals surface area (Å²) in [5.41, 5.74) is 1.55. The first-order chi connectivity index (χ1) is 11.7. The summed E-state index contributed by atoms with van der Waals surface area (Å²) in [7, 11) is 0. The van der Waals surface area contributed by atoms with Crippen molar-refractivity contribution in [2.24, 2.45) is 0 Å². The highest BCUT2D eigenvalue weighted by Crippen LogP contribution is 2.19. The van der Waals surface area contributed by atoms with Gasteiger partial charge in [0.2, 0.25) is 0 Å². The third-order valence-electron chi connectivity index (χ3n) is 3.32. The van der Waals surface area contributed by atoms with Crippen LogP contribution in [0.2, 0.25) is 0 Å². The van der Waals surface area contributed by atoms with Crippen molar-refractivity contribution in [3.05, 3.63) is 42.4 Å². The predicted molar refractivity (Wildman–Crippen MR) is 86.6 cm³/mol. The average Bonchev–Trinajstić information content (AvgIpc) is 3.27. The number of hydrogen-bond donors (Lipinski definition) is 0. The first-order valence-electron chi connectivity index (χ1n) is 7.81. The summed E-state index contributed by atoms with van der Waals surface area (Å²) in [5.74, 6) is 0.112. The minimum absolute atomic E-state index is 0.306. The van der Waals surface area contributed by atoms with Crippen LogP contribution >= 0.6 is 0 Å². The minimum Gasteiger partial charge on any atom is -0.462 e. The second-order valence-electron chi connectivity index (χ2n) is 5.14. The quantitative estimate of drug-likeness (QED) is 0.645.